The number of nitrogens with zero attached hydrogens (tertiary/aromatic N) is 2. The Morgan fingerprint density at radius 2 is 1.50 bits per heavy atom. The molecular formula is C15H24N2O. The van der Waals surface area contributed by atoms with Crippen molar-refractivity contribution in [3.63, 3.8) is 0 Å². The average molecular weight is 248 g/mol. The van der Waals surface area contributed by atoms with E-state index in [2.05, 4.69) is 41.0 Å². The largest absolute Gasteiger partial charge is 0.395 e. The quantitative estimate of drug-likeness (QED) is 0.847. The van der Waals surface area contributed by atoms with Crippen molar-refractivity contribution >= 4 is 0 Å². The van der Waals surface area contributed by atoms with Crippen LogP contribution in [0.25, 0.3) is 0 Å². The molecule has 0 saturated carbocycles. The van der Waals surface area contributed by atoms with Crippen LogP contribution in [0.5, 0.6) is 0 Å². The second kappa shape index (κ2) is 6.88. The first-order valence-electron chi connectivity index (χ1n) is 6.89. The van der Waals surface area contributed by atoms with Crippen LogP contribution in [0, 0.1) is 6.92 Å². The zero-order valence-corrected chi connectivity index (χ0v) is 11.3. The predicted molar refractivity (Wildman–Crippen MR) is 74.8 cm³/mol. The van der Waals surface area contributed by atoms with Crippen molar-refractivity contribution in [1.82, 2.24) is 9.80 Å². The second-order valence-electron chi connectivity index (χ2n) is 5.14. The third kappa shape index (κ3) is 4.09. The maximum Gasteiger partial charge on any atom is 0.0558 e. The molecule has 0 atom stereocenters. The van der Waals surface area contributed by atoms with Crippen molar-refractivity contribution in [3.8, 4) is 0 Å². The molecule has 0 unspecified atom stereocenters. The van der Waals surface area contributed by atoms with E-state index < -0.39 is 0 Å². The Hall–Kier alpha value is -0.900. The summed E-state index contributed by atoms with van der Waals surface area (Å²) in [5.41, 5.74) is 2.76. The molecule has 18 heavy (non-hydrogen) atoms. The van der Waals surface area contributed by atoms with E-state index >= 15 is 0 Å². The van der Waals surface area contributed by atoms with Gasteiger partial charge in [-0.05, 0) is 18.9 Å². The van der Waals surface area contributed by atoms with Crippen LogP contribution in [0.4, 0.5) is 0 Å². The molecule has 100 valence electrons. The summed E-state index contributed by atoms with van der Waals surface area (Å²) >= 11 is 0. The molecular weight excluding hydrogens is 224 g/mol. The van der Waals surface area contributed by atoms with Gasteiger partial charge in [0.25, 0.3) is 0 Å². The number of aryl methyl sites for hydroxylation is 1. The average Bonchev–Trinajstić information content (AvgIpc) is 2.40. The molecule has 2 rings (SSSR count). The smallest absolute Gasteiger partial charge is 0.0558 e. The standard InChI is InChI=1S/C15H24N2O/c1-14-2-4-15(5-3-14)6-7-16-8-10-17(11-9-16)12-13-18/h2-5,18H,6-13H2,1H3. The molecule has 3 nitrogen and oxygen atoms in total. The van der Waals surface area contributed by atoms with Crippen molar-refractivity contribution < 1.29 is 5.11 Å². The fourth-order valence-corrected chi connectivity index (χ4v) is 2.42. The van der Waals surface area contributed by atoms with Gasteiger partial charge in [-0.1, -0.05) is 29.8 Å². The predicted octanol–water partition coefficient (Wildman–Crippen LogP) is 1.15. The van der Waals surface area contributed by atoms with E-state index in [0.29, 0.717) is 0 Å². The Kier molecular flexibility index (Phi) is 5.17. The zero-order chi connectivity index (χ0) is 12.8. The lowest BCUT2D eigenvalue weighted by Crippen LogP contribution is -2.47. The van der Waals surface area contributed by atoms with Gasteiger partial charge in [-0.3, -0.25) is 4.90 Å². The highest BCUT2D eigenvalue weighted by Crippen LogP contribution is 2.07. The zero-order valence-electron chi connectivity index (χ0n) is 11.3. The van der Waals surface area contributed by atoms with Crippen molar-refractivity contribution in [3.05, 3.63) is 35.4 Å². The molecule has 0 amide bonds. The Morgan fingerprint density at radius 3 is 2.06 bits per heavy atom. The van der Waals surface area contributed by atoms with Crippen molar-refractivity contribution in [2.45, 2.75) is 13.3 Å². The van der Waals surface area contributed by atoms with E-state index in [1.54, 1.807) is 0 Å². The lowest BCUT2D eigenvalue weighted by molar-refractivity contribution is 0.113. The van der Waals surface area contributed by atoms with Gasteiger partial charge < -0.3 is 10.0 Å². The number of aliphatic hydroxyl groups excluding tert-OH is 1. The summed E-state index contributed by atoms with van der Waals surface area (Å²) in [6.07, 6.45) is 1.14. The summed E-state index contributed by atoms with van der Waals surface area (Å²) in [7, 11) is 0. The minimum atomic E-state index is 0.281. The molecule has 0 spiro atoms. The number of rotatable bonds is 5. The van der Waals surface area contributed by atoms with Crippen molar-refractivity contribution in [1.29, 1.82) is 0 Å². The maximum atomic E-state index is 8.90. The maximum absolute atomic E-state index is 8.90. The summed E-state index contributed by atoms with van der Waals surface area (Å²) in [5, 5.41) is 8.90. The summed E-state index contributed by atoms with van der Waals surface area (Å²) < 4.78 is 0. The van der Waals surface area contributed by atoms with E-state index in [1.807, 2.05) is 0 Å². The summed E-state index contributed by atoms with van der Waals surface area (Å²) in [4.78, 5) is 4.86. The Balaban J connectivity index is 1.70. The third-order valence-corrected chi connectivity index (χ3v) is 3.72. The Bertz CT molecular complexity index is 342. The summed E-state index contributed by atoms with van der Waals surface area (Å²) in [6.45, 7) is 8.83. The number of aliphatic hydroxyl groups is 1. The summed E-state index contributed by atoms with van der Waals surface area (Å²) in [5.74, 6) is 0. The van der Waals surface area contributed by atoms with Crippen molar-refractivity contribution in [2.24, 2.45) is 0 Å². The Labute approximate surface area is 110 Å². The van der Waals surface area contributed by atoms with Gasteiger partial charge in [-0.2, -0.15) is 0 Å². The highest BCUT2D eigenvalue weighted by Gasteiger charge is 2.15. The van der Waals surface area contributed by atoms with Gasteiger partial charge in [0.2, 0.25) is 0 Å². The van der Waals surface area contributed by atoms with E-state index in [1.165, 1.54) is 11.1 Å². The fourth-order valence-electron chi connectivity index (χ4n) is 2.42. The van der Waals surface area contributed by atoms with Crippen LogP contribution < -0.4 is 0 Å². The molecule has 3 heteroatoms. The van der Waals surface area contributed by atoms with Gasteiger partial charge in [0.15, 0.2) is 0 Å². The first kappa shape index (κ1) is 13.5. The molecule has 1 aromatic carbocycles. The fraction of sp³-hybridized carbons (Fsp3) is 0.600. The van der Waals surface area contributed by atoms with Gasteiger partial charge in [0.05, 0.1) is 6.61 Å². The molecule has 1 N–H and O–H groups in total. The van der Waals surface area contributed by atoms with Crippen LogP contribution in [0.3, 0.4) is 0 Å². The first-order chi connectivity index (χ1) is 8.78. The molecule has 0 aromatic heterocycles. The highest BCUT2D eigenvalue weighted by atomic mass is 16.3. The molecule has 1 heterocycles. The number of hydrogen-bond donors (Lipinski definition) is 1. The molecule has 1 fully saturated rings. The topological polar surface area (TPSA) is 26.7 Å². The van der Waals surface area contributed by atoms with Gasteiger partial charge in [-0.25, -0.2) is 0 Å². The Morgan fingerprint density at radius 1 is 0.944 bits per heavy atom. The van der Waals surface area contributed by atoms with Crippen molar-refractivity contribution in [2.75, 3.05) is 45.9 Å². The molecule has 1 aromatic rings. The number of benzene rings is 1. The van der Waals surface area contributed by atoms with Gasteiger partial charge in [-0.15, -0.1) is 0 Å². The van der Waals surface area contributed by atoms with Crippen LogP contribution >= 0.6 is 0 Å². The van der Waals surface area contributed by atoms with E-state index in [9.17, 15) is 0 Å². The SMILES string of the molecule is Cc1ccc(CCN2CCN(CCO)CC2)cc1. The minimum absolute atomic E-state index is 0.281. The second-order valence-corrected chi connectivity index (χ2v) is 5.14. The van der Waals surface area contributed by atoms with Gasteiger partial charge >= 0.3 is 0 Å². The van der Waals surface area contributed by atoms with Crippen LogP contribution in [-0.2, 0) is 6.42 Å². The number of β-amino-alcohol motifs (C(OH)–C–C–N with tert-alkyl or cyclic N) is 1. The monoisotopic (exact) mass is 248 g/mol. The first-order valence-corrected chi connectivity index (χ1v) is 6.89. The lowest BCUT2D eigenvalue weighted by Gasteiger charge is -2.34. The van der Waals surface area contributed by atoms with E-state index in [4.69, 9.17) is 5.11 Å². The minimum Gasteiger partial charge on any atom is -0.395 e. The molecule has 0 aliphatic carbocycles. The van der Waals surface area contributed by atoms with Crippen LogP contribution in [0.2, 0.25) is 0 Å². The molecule has 1 aliphatic heterocycles. The van der Waals surface area contributed by atoms with Crippen LogP contribution in [0.15, 0.2) is 24.3 Å². The summed E-state index contributed by atoms with van der Waals surface area (Å²) in [6, 6.07) is 8.84. The number of hydrogen-bond acceptors (Lipinski definition) is 3. The van der Waals surface area contributed by atoms with E-state index in [-0.39, 0.29) is 6.61 Å². The van der Waals surface area contributed by atoms with Crippen LogP contribution in [-0.4, -0.2) is 60.8 Å². The normalized spacial score (nSPS) is 18.1. The van der Waals surface area contributed by atoms with Gasteiger partial charge in [0.1, 0.15) is 0 Å². The third-order valence-electron chi connectivity index (χ3n) is 3.72. The molecule has 1 aliphatic rings. The molecule has 1 saturated heterocycles. The van der Waals surface area contributed by atoms with E-state index in [0.717, 1.165) is 45.7 Å². The molecule has 0 bridgehead atoms. The molecule has 0 radical (unpaired) electrons. The van der Waals surface area contributed by atoms with Crippen LogP contribution in [0.1, 0.15) is 11.1 Å². The number of piperazine rings is 1. The highest BCUT2D eigenvalue weighted by molar-refractivity contribution is 5.21. The van der Waals surface area contributed by atoms with Gasteiger partial charge in [0, 0.05) is 39.3 Å². The lowest BCUT2D eigenvalue weighted by atomic mass is 10.1.